The molecule has 0 spiro atoms. The molecule has 0 amide bonds. The van der Waals surface area contributed by atoms with Crippen LogP contribution in [0.2, 0.25) is 0 Å². The molecule has 10 heteroatoms. The van der Waals surface area contributed by atoms with Crippen LogP contribution in [0.25, 0.3) is 0 Å². The molecule has 136 valence electrons. The lowest BCUT2D eigenvalue weighted by Crippen LogP contribution is -2.32. The topological polar surface area (TPSA) is 198 Å². The van der Waals surface area contributed by atoms with Crippen molar-refractivity contribution in [2.24, 2.45) is 5.73 Å². The normalized spacial score (nSPS) is 10.8. The van der Waals surface area contributed by atoms with Crippen LogP contribution < -0.4 is 11.5 Å². The maximum Gasteiger partial charge on any atom is 0.372 e. The lowest BCUT2D eigenvalue weighted by molar-refractivity contribution is -0.149. The molecule has 0 bridgehead atoms. The van der Waals surface area contributed by atoms with Gasteiger partial charge in [0, 0.05) is 24.1 Å². The molecular formula is C15H18N2O8. The molecule has 7 N–H and O–H groups in total. The number of ketones is 2. The molecule has 0 aromatic heterocycles. The van der Waals surface area contributed by atoms with Gasteiger partial charge in [0.25, 0.3) is 0 Å². The van der Waals surface area contributed by atoms with Crippen LogP contribution in [0, 0.1) is 0 Å². The van der Waals surface area contributed by atoms with Crippen molar-refractivity contribution in [3.8, 4) is 0 Å². The Morgan fingerprint density at radius 3 is 1.96 bits per heavy atom. The quantitative estimate of drug-likeness (QED) is 0.236. The first-order valence-electron chi connectivity index (χ1n) is 6.90. The summed E-state index contributed by atoms with van der Waals surface area (Å²) in [4.78, 5) is 51.7. The molecule has 10 nitrogen and oxygen atoms in total. The van der Waals surface area contributed by atoms with Gasteiger partial charge in [-0.05, 0) is 12.1 Å². The van der Waals surface area contributed by atoms with Crippen LogP contribution in [0.4, 0.5) is 5.69 Å². The van der Waals surface area contributed by atoms with Gasteiger partial charge >= 0.3 is 17.9 Å². The van der Waals surface area contributed by atoms with Gasteiger partial charge in [0.2, 0.25) is 5.78 Å². The molecule has 0 aliphatic carbocycles. The lowest BCUT2D eigenvalue weighted by atomic mass is 10.0. The number of Topliss-reactive ketones (excluding diaryl/α,β-unsaturated/α-hetero) is 2. The van der Waals surface area contributed by atoms with Gasteiger partial charge in [-0.15, -0.1) is 0 Å². The minimum atomic E-state index is -1.58. The Bertz CT molecular complexity index is 671. The number of nitrogens with two attached hydrogens (primary N) is 2. The molecule has 0 saturated heterocycles. The highest BCUT2D eigenvalue weighted by molar-refractivity contribution is 6.32. The second-order valence-electron chi connectivity index (χ2n) is 4.78. The van der Waals surface area contributed by atoms with Gasteiger partial charge in [-0.3, -0.25) is 19.2 Å². The smallest absolute Gasteiger partial charge is 0.372 e. The van der Waals surface area contributed by atoms with E-state index in [1.807, 2.05) is 0 Å². The predicted molar refractivity (Wildman–Crippen MR) is 84.9 cm³/mol. The Morgan fingerprint density at radius 2 is 1.52 bits per heavy atom. The van der Waals surface area contributed by atoms with Crippen molar-refractivity contribution in [2.45, 2.75) is 25.3 Å². The third-order valence-electron chi connectivity index (χ3n) is 2.79. The van der Waals surface area contributed by atoms with E-state index in [1.165, 1.54) is 0 Å². The number of hydrogen-bond acceptors (Lipinski definition) is 7. The molecule has 1 atom stereocenters. The Kier molecular flexibility index (Phi) is 9.12. The Balaban J connectivity index is 0.000000504. The summed E-state index contributed by atoms with van der Waals surface area (Å²) in [5.74, 6) is -5.38. The first-order chi connectivity index (χ1) is 11.6. The van der Waals surface area contributed by atoms with Gasteiger partial charge in [0.15, 0.2) is 5.78 Å². The summed E-state index contributed by atoms with van der Waals surface area (Å²) >= 11 is 0. The van der Waals surface area contributed by atoms with E-state index in [-0.39, 0.29) is 12.2 Å². The number of nitrogen functional groups attached to an aromatic ring is 1. The average molecular weight is 354 g/mol. The zero-order chi connectivity index (χ0) is 19.6. The molecule has 1 rings (SSSR count). The van der Waals surface area contributed by atoms with Crippen molar-refractivity contribution >= 4 is 35.2 Å². The number of carbonyl (C=O) groups is 5. The largest absolute Gasteiger partial charge is 0.481 e. The summed E-state index contributed by atoms with van der Waals surface area (Å²) in [5, 5.41) is 24.5. The van der Waals surface area contributed by atoms with Crippen LogP contribution in [-0.2, 0) is 19.2 Å². The fourth-order valence-corrected chi connectivity index (χ4v) is 1.48. The number of benzene rings is 1. The molecular weight excluding hydrogens is 336 g/mol. The van der Waals surface area contributed by atoms with Crippen molar-refractivity contribution in [2.75, 3.05) is 5.73 Å². The van der Waals surface area contributed by atoms with E-state index >= 15 is 0 Å². The van der Waals surface area contributed by atoms with Crippen molar-refractivity contribution in [1.29, 1.82) is 0 Å². The number of para-hydroxylation sites is 1. The number of hydrogen-bond donors (Lipinski definition) is 5. The fraction of sp³-hybridized carbons (Fsp3) is 0.267. The standard InChI is InChI=1S/C10H12N2O3.C5H6O5/c11-7-4-2-1-3-6(7)9(13)5-8(12)10(14)15;6-3(5(9)10)1-2-4(7)8/h1-4,8H,5,11-12H2,(H,14,15);1-2H2,(H,7,8)(H,9,10)/t8-;/m0./s1. The van der Waals surface area contributed by atoms with E-state index in [9.17, 15) is 24.0 Å². The Labute approximate surface area is 142 Å². The van der Waals surface area contributed by atoms with Gasteiger partial charge in [0.05, 0.1) is 6.42 Å². The van der Waals surface area contributed by atoms with Gasteiger partial charge in [-0.25, -0.2) is 4.79 Å². The van der Waals surface area contributed by atoms with Crippen LogP contribution >= 0.6 is 0 Å². The molecule has 0 aliphatic heterocycles. The minimum Gasteiger partial charge on any atom is -0.481 e. The van der Waals surface area contributed by atoms with E-state index in [4.69, 9.17) is 26.8 Å². The molecule has 0 aliphatic rings. The highest BCUT2D eigenvalue weighted by Crippen LogP contribution is 2.13. The van der Waals surface area contributed by atoms with Crippen molar-refractivity contribution in [3.05, 3.63) is 29.8 Å². The maximum absolute atomic E-state index is 11.6. The maximum atomic E-state index is 11.6. The summed E-state index contributed by atoms with van der Waals surface area (Å²) in [5.41, 5.74) is 11.5. The van der Waals surface area contributed by atoms with Crippen LogP contribution in [-0.4, -0.2) is 50.8 Å². The molecule has 0 radical (unpaired) electrons. The number of carboxylic acids is 3. The molecule has 1 aromatic carbocycles. The van der Waals surface area contributed by atoms with Gasteiger partial charge in [-0.2, -0.15) is 0 Å². The van der Waals surface area contributed by atoms with E-state index < -0.39 is 42.6 Å². The van der Waals surface area contributed by atoms with Crippen LogP contribution in [0.1, 0.15) is 29.6 Å². The van der Waals surface area contributed by atoms with E-state index in [0.29, 0.717) is 11.3 Å². The second-order valence-corrected chi connectivity index (χ2v) is 4.78. The first kappa shape index (κ1) is 21.7. The van der Waals surface area contributed by atoms with Crippen LogP contribution in [0.5, 0.6) is 0 Å². The van der Waals surface area contributed by atoms with Crippen molar-refractivity contribution in [3.63, 3.8) is 0 Å². The summed E-state index contributed by atoms with van der Waals surface area (Å²) in [7, 11) is 0. The molecule has 25 heavy (non-hydrogen) atoms. The third kappa shape index (κ3) is 8.81. The van der Waals surface area contributed by atoms with Gasteiger partial charge in [0.1, 0.15) is 6.04 Å². The zero-order valence-corrected chi connectivity index (χ0v) is 13.0. The first-order valence-corrected chi connectivity index (χ1v) is 6.90. The Morgan fingerprint density at radius 1 is 0.960 bits per heavy atom. The number of carboxylic acid groups (broad SMARTS) is 3. The summed E-state index contributed by atoms with van der Waals surface area (Å²) < 4.78 is 0. The molecule has 1 aromatic rings. The van der Waals surface area contributed by atoms with Crippen molar-refractivity contribution in [1.82, 2.24) is 0 Å². The number of anilines is 1. The average Bonchev–Trinajstić information content (AvgIpc) is 2.53. The van der Waals surface area contributed by atoms with Crippen LogP contribution in [0.15, 0.2) is 24.3 Å². The second kappa shape index (κ2) is 10.5. The van der Waals surface area contributed by atoms with Gasteiger partial charge in [-0.1, -0.05) is 12.1 Å². The molecule has 0 saturated carbocycles. The predicted octanol–water partition coefficient (Wildman–Crippen LogP) is -0.242. The van der Waals surface area contributed by atoms with Crippen LogP contribution in [0.3, 0.4) is 0 Å². The Hall–Kier alpha value is -3.27. The van der Waals surface area contributed by atoms with E-state index in [2.05, 4.69) is 0 Å². The highest BCUT2D eigenvalue weighted by atomic mass is 16.4. The molecule has 0 fully saturated rings. The van der Waals surface area contributed by atoms with Crippen molar-refractivity contribution < 1.29 is 39.3 Å². The molecule has 0 heterocycles. The SMILES string of the molecule is Nc1ccccc1C(=O)C[C@H](N)C(=O)O.O=C(O)CCC(=O)C(=O)O. The number of carbonyl (C=O) groups excluding carboxylic acids is 2. The monoisotopic (exact) mass is 354 g/mol. The number of aliphatic carboxylic acids is 3. The fourth-order valence-electron chi connectivity index (χ4n) is 1.48. The summed E-state index contributed by atoms with van der Waals surface area (Å²) in [6, 6.07) is 5.31. The highest BCUT2D eigenvalue weighted by Gasteiger charge is 2.18. The zero-order valence-electron chi connectivity index (χ0n) is 13.0. The minimum absolute atomic E-state index is 0.246. The lowest BCUT2D eigenvalue weighted by Gasteiger charge is -2.07. The number of rotatable bonds is 8. The molecule has 0 unspecified atom stereocenters. The van der Waals surface area contributed by atoms with E-state index in [1.54, 1.807) is 24.3 Å². The van der Waals surface area contributed by atoms with E-state index in [0.717, 1.165) is 0 Å². The third-order valence-corrected chi connectivity index (χ3v) is 2.79. The summed E-state index contributed by atoms with van der Waals surface area (Å²) in [6.45, 7) is 0. The summed E-state index contributed by atoms with van der Waals surface area (Å²) in [6.07, 6.45) is -1.11. The van der Waals surface area contributed by atoms with Gasteiger partial charge < -0.3 is 26.8 Å².